The Bertz CT molecular complexity index is 977. The highest BCUT2D eigenvalue weighted by atomic mass is 35.5. The normalized spacial score (nSPS) is 17.3. The van der Waals surface area contributed by atoms with E-state index in [0.29, 0.717) is 37.6 Å². The number of carbonyl (C=O) groups is 1. The number of aryl methyl sites for hydroxylation is 1. The summed E-state index contributed by atoms with van der Waals surface area (Å²) in [6.07, 6.45) is 1.14. The van der Waals surface area contributed by atoms with Gasteiger partial charge in [0, 0.05) is 11.6 Å². The molecule has 1 aliphatic heterocycles. The van der Waals surface area contributed by atoms with Crippen molar-refractivity contribution in [2.45, 2.75) is 37.6 Å². The van der Waals surface area contributed by atoms with Crippen LogP contribution >= 0.6 is 11.6 Å². The Hall–Kier alpha value is -2.09. The van der Waals surface area contributed by atoms with Crippen LogP contribution in [0.3, 0.4) is 0 Å². The Labute approximate surface area is 176 Å². The van der Waals surface area contributed by atoms with E-state index in [0.717, 1.165) is 16.9 Å². The van der Waals surface area contributed by atoms with Crippen LogP contribution in [0.25, 0.3) is 0 Å². The quantitative estimate of drug-likeness (QED) is 0.675. The summed E-state index contributed by atoms with van der Waals surface area (Å²) in [6.45, 7) is 4.94. The van der Waals surface area contributed by atoms with Gasteiger partial charge in [0.2, 0.25) is 15.9 Å². The Balaban J connectivity index is 1.58. The second-order valence-corrected chi connectivity index (χ2v) is 9.39. The molecule has 0 aromatic heterocycles. The van der Waals surface area contributed by atoms with Crippen molar-refractivity contribution in [1.82, 2.24) is 9.62 Å². The first kappa shape index (κ1) is 21.6. The molecule has 1 amide bonds. The maximum absolute atomic E-state index is 12.9. The van der Waals surface area contributed by atoms with Gasteiger partial charge in [0.15, 0.2) is 0 Å². The van der Waals surface area contributed by atoms with Gasteiger partial charge in [-0.2, -0.15) is 4.31 Å². The van der Waals surface area contributed by atoms with E-state index in [1.54, 1.807) is 0 Å². The molecule has 0 aliphatic carbocycles. The number of carbonyl (C=O) groups excluding carboxylic acids is 1. The van der Waals surface area contributed by atoms with Gasteiger partial charge in [-0.3, -0.25) is 4.79 Å². The maximum Gasteiger partial charge on any atom is 0.243 e. The van der Waals surface area contributed by atoms with Crippen molar-refractivity contribution in [3.63, 3.8) is 0 Å². The highest BCUT2D eigenvalue weighted by Gasteiger charge is 2.39. The third-order valence-corrected chi connectivity index (χ3v) is 7.31. The highest BCUT2D eigenvalue weighted by molar-refractivity contribution is 7.89. The van der Waals surface area contributed by atoms with E-state index in [1.165, 1.54) is 28.6 Å². The number of sulfonamides is 1. The molecule has 1 saturated heterocycles. The molecule has 6 nitrogen and oxygen atoms in total. The molecule has 2 aromatic carbocycles. The summed E-state index contributed by atoms with van der Waals surface area (Å²) < 4.78 is 32.9. The predicted octanol–water partition coefficient (Wildman–Crippen LogP) is 3.31. The number of halogens is 1. The van der Waals surface area contributed by atoms with Crippen molar-refractivity contribution in [3.05, 3.63) is 58.6 Å². The molecule has 1 fully saturated rings. The monoisotopic (exact) mass is 436 g/mol. The van der Waals surface area contributed by atoms with Crippen molar-refractivity contribution in [3.8, 4) is 5.75 Å². The Kier molecular flexibility index (Phi) is 6.82. The number of nitrogens with zero attached hydrogens (tertiary/aromatic N) is 1. The molecule has 2 aromatic rings. The van der Waals surface area contributed by atoms with Crippen molar-refractivity contribution in [2.24, 2.45) is 0 Å². The summed E-state index contributed by atoms with van der Waals surface area (Å²) in [4.78, 5) is 12.8. The number of ether oxygens (including phenoxy) is 1. The van der Waals surface area contributed by atoms with Gasteiger partial charge in [-0.1, -0.05) is 23.7 Å². The third-order valence-electron chi connectivity index (χ3n) is 5.14. The number of rotatable bonds is 7. The van der Waals surface area contributed by atoms with Crippen molar-refractivity contribution < 1.29 is 17.9 Å². The fourth-order valence-electron chi connectivity index (χ4n) is 3.37. The summed E-state index contributed by atoms with van der Waals surface area (Å²) in [5, 5.41) is 3.26. The van der Waals surface area contributed by atoms with Crippen LogP contribution < -0.4 is 10.1 Å². The maximum atomic E-state index is 12.9. The van der Waals surface area contributed by atoms with Crippen molar-refractivity contribution >= 4 is 27.5 Å². The number of benzene rings is 2. The van der Waals surface area contributed by atoms with Gasteiger partial charge in [-0.25, -0.2) is 8.42 Å². The van der Waals surface area contributed by atoms with Crippen LogP contribution in [0.5, 0.6) is 5.75 Å². The Morgan fingerprint density at radius 3 is 2.66 bits per heavy atom. The first-order valence-electron chi connectivity index (χ1n) is 9.55. The molecule has 0 spiro atoms. The van der Waals surface area contributed by atoms with Gasteiger partial charge in [0.1, 0.15) is 18.4 Å². The van der Waals surface area contributed by atoms with E-state index in [1.807, 2.05) is 32.0 Å². The summed E-state index contributed by atoms with van der Waals surface area (Å²) in [7, 11) is -3.75. The molecule has 29 heavy (non-hydrogen) atoms. The molecule has 0 unspecified atom stereocenters. The Morgan fingerprint density at radius 1 is 1.21 bits per heavy atom. The molecular formula is C21H25ClN2O4S. The minimum absolute atomic E-state index is 0.139. The first-order chi connectivity index (χ1) is 13.8. The standard InChI is InChI=1S/C21H25ClN2O4S/c1-15-5-3-7-20(16(15)2)28-14-12-23-21(25)19-6-4-13-24(19)29(26,27)18-10-8-17(22)9-11-18/h3,5,7-11,19H,4,6,12-14H2,1-2H3,(H,23,25)/t19-/m1/s1. The summed E-state index contributed by atoms with van der Waals surface area (Å²) in [6, 6.07) is 11.1. The molecule has 0 radical (unpaired) electrons. The molecule has 1 aliphatic rings. The molecule has 3 rings (SSSR count). The van der Waals surface area contributed by atoms with E-state index >= 15 is 0 Å². The second kappa shape index (κ2) is 9.15. The lowest BCUT2D eigenvalue weighted by molar-refractivity contribution is -0.124. The lowest BCUT2D eigenvalue weighted by Gasteiger charge is -2.23. The van der Waals surface area contributed by atoms with E-state index in [-0.39, 0.29) is 10.8 Å². The van der Waals surface area contributed by atoms with Gasteiger partial charge in [0.05, 0.1) is 11.4 Å². The van der Waals surface area contributed by atoms with E-state index in [4.69, 9.17) is 16.3 Å². The van der Waals surface area contributed by atoms with Crippen LogP contribution in [0, 0.1) is 13.8 Å². The lowest BCUT2D eigenvalue weighted by Crippen LogP contribution is -2.46. The van der Waals surface area contributed by atoms with Crippen LogP contribution in [-0.4, -0.2) is 44.4 Å². The van der Waals surface area contributed by atoms with Crippen molar-refractivity contribution in [2.75, 3.05) is 19.7 Å². The molecular weight excluding hydrogens is 412 g/mol. The van der Waals surface area contributed by atoms with Crippen LogP contribution in [0.15, 0.2) is 47.4 Å². The zero-order chi connectivity index (χ0) is 21.0. The molecule has 1 atom stereocenters. The van der Waals surface area contributed by atoms with Gasteiger partial charge in [-0.05, 0) is 68.1 Å². The minimum Gasteiger partial charge on any atom is -0.491 e. The van der Waals surface area contributed by atoms with Crippen LogP contribution in [-0.2, 0) is 14.8 Å². The van der Waals surface area contributed by atoms with Gasteiger partial charge in [-0.15, -0.1) is 0 Å². The SMILES string of the molecule is Cc1cccc(OCCNC(=O)[C@H]2CCCN2S(=O)(=O)c2ccc(Cl)cc2)c1C. The summed E-state index contributed by atoms with van der Waals surface area (Å²) in [5.74, 6) is 0.483. The van der Waals surface area contributed by atoms with E-state index in [9.17, 15) is 13.2 Å². The van der Waals surface area contributed by atoms with E-state index in [2.05, 4.69) is 5.32 Å². The average molecular weight is 437 g/mol. The highest BCUT2D eigenvalue weighted by Crippen LogP contribution is 2.27. The Morgan fingerprint density at radius 2 is 1.93 bits per heavy atom. The van der Waals surface area contributed by atoms with Gasteiger partial charge >= 0.3 is 0 Å². The number of nitrogens with one attached hydrogen (secondary N) is 1. The predicted molar refractivity (Wildman–Crippen MR) is 113 cm³/mol. The van der Waals surface area contributed by atoms with E-state index < -0.39 is 16.1 Å². The second-order valence-electron chi connectivity index (χ2n) is 7.07. The molecule has 0 saturated carbocycles. The number of hydrogen-bond acceptors (Lipinski definition) is 4. The van der Waals surface area contributed by atoms with Crippen molar-refractivity contribution in [1.29, 1.82) is 0 Å². The van der Waals surface area contributed by atoms with Gasteiger partial charge < -0.3 is 10.1 Å². The first-order valence-corrected chi connectivity index (χ1v) is 11.4. The zero-order valence-corrected chi connectivity index (χ0v) is 18.1. The fraction of sp³-hybridized carbons (Fsp3) is 0.381. The lowest BCUT2D eigenvalue weighted by atomic mass is 10.1. The number of hydrogen-bond donors (Lipinski definition) is 1. The van der Waals surface area contributed by atoms with Crippen LogP contribution in [0.4, 0.5) is 0 Å². The topological polar surface area (TPSA) is 75.7 Å². The molecule has 0 bridgehead atoms. The molecule has 1 N–H and O–H groups in total. The summed E-state index contributed by atoms with van der Waals surface area (Å²) >= 11 is 5.85. The molecule has 1 heterocycles. The average Bonchev–Trinajstić information content (AvgIpc) is 3.19. The van der Waals surface area contributed by atoms with Gasteiger partial charge in [0.25, 0.3) is 0 Å². The number of amides is 1. The van der Waals surface area contributed by atoms with Crippen LogP contribution in [0.2, 0.25) is 5.02 Å². The third kappa shape index (κ3) is 4.91. The summed E-state index contributed by atoms with van der Waals surface area (Å²) in [5.41, 5.74) is 2.20. The van der Waals surface area contributed by atoms with Crippen LogP contribution in [0.1, 0.15) is 24.0 Å². The zero-order valence-electron chi connectivity index (χ0n) is 16.5. The molecule has 8 heteroatoms. The smallest absolute Gasteiger partial charge is 0.243 e. The minimum atomic E-state index is -3.75. The largest absolute Gasteiger partial charge is 0.491 e. The molecule has 156 valence electrons. The fourth-order valence-corrected chi connectivity index (χ4v) is 5.15.